The van der Waals surface area contributed by atoms with Gasteiger partial charge in [-0.15, -0.1) is 0 Å². The molecular weight excluding hydrogens is 301 g/mol. The predicted molar refractivity (Wildman–Crippen MR) is 68.5 cm³/mol. The van der Waals surface area contributed by atoms with Crippen molar-refractivity contribution in [3.63, 3.8) is 0 Å². The first-order chi connectivity index (χ1) is 7.34. The van der Waals surface area contributed by atoms with Crippen LogP contribution in [-0.4, -0.2) is 9.97 Å². The van der Waals surface area contributed by atoms with E-state index in [-0.39, 0.29) is 0 Å². The molecule has 0 amide bonds. The lowest BCUT2D eigenvalue weighted by Gasteiger charge is -2.04. The third-order valence-corrected chi connectivity index (χ3v) is 2.57. The molecule has 2 rings (SSSR count). The number of rotatable bonds is 3. The van der Waals surface area contributed by atoms with Gasteiger partial charge in [0.1, 0.15) is 5.82 Å². The van der Waals surface area contributed by atoms with Crippen LogP contribution >= 0.6 is 22.6 Å². The Balaban J connectivity index is 1.99. The Bertz CT molecular complexity index is 431. The SMILES string of the molecule is Ic1cccc(NCc2ncccn2)c1. The molecule has 0 saturated heterocycles. The molecule has 0 aliphatic heterocycles. The Morgan fingerprint density at radius 1 is 1.13 bits per heavy atom. The maximum Gasteiger partial charge on any atom is 0.147 e. The first-order valence-electron chi connectivity index (χ1n) is 4.60. The zero-order valence-corrected chi connectivity index (χ0v) is 10.2. The van der Waals surface area contributed by atoms with E-state index in [2.05, 4.69) is 50.0 Å². The maximum atomic E-state index is 4.14. The van der Waals surface area contributed by atoms with Gasteiger partial charge in [0.2, 0.25) is 0 Å². The van der Waals surface area contributed by atoms with Gasteiger partial charge < -0.3 is 5.32 Å². The van der Waals surface area contributed by atoms with Crippen LogP contribution in [0.15, 0.2) is 42.7 Å². The summed E-state index contributed by atoms with van der Waals surface area (Å²) in [7, 11) is 0. The molecule has 3 nitrogen and oxygen atoms in total. The van der Waals surface area contributed by atoms with Gasteiger partial charge in [-0.1, -0.05) is 6.07 Å². The van der Waals surface area contributed by atoms with Gasteiger partial charge in [0, 0.05) is 21.7 Å². The van der Waals surface area contributed by atoms with Crippen molar-refractivity contribution >= 4 is 28.3 Å². The molecule has 0 unspecified atom stereocenters. The maximum absolute atomic E-state index is 4.14. The number of benzene rings is 1. The fourth-order valence-corrected chi connectivity index (χ4v) is 1.74. The average Bonchev–Trinajstić information content (AvgIpc) is 2.28. The summed E-state index contributed by atoms with van der Waals surface area (Å²) in [6.45, 7) is 0.654. The van der Waals surface area contributed by atoms with Crippen LogP contribution in [0.25, 0.3) is 0 Å². The summed E-state index contributed by atoms with van der Waals surface area (Å²) in [5.41, 5.74) is 1.09. The Kier molecular flexibility index (Phi) is 3.49. The summed E-state index contributed by atoms with van der Waals surface area (Å²) < 4.78 is 1.21. The first-order valence-corrected chi connectivity index (χ1v) is 5.68. The number of aromatic nitrogens is 2. The van der Waals surface area contributed by atoms with Crippen LogP contribution in [-0.2, 0) is 6.54 Å². The highest BCUT2D eigenvalue weighted by atomic mass is 127. The van der Waals surface area contributed by atoms with E-state index in [4.69, 9.17) is 0 Å². The van der Waals surface area contributed by atoms with Gasteiger partial charge >= 0.3 is 0 Å². The minimum Gasteiger partial charge on any atom is -0.378 e. The molecule has 0 aliphatic carbocycles. The molecule has 4 heteroatoms. The molecule has 0 aliphatic rings. The van der Waals surface area contributed by atoms with Crippen LogP contribution in [0, 0.1) is 3.57 Å². The van der Waals surface area contributed by atoms with Crippen LogP contribution < -0.4 is 5.32 Å². The summed E-state index contributed by atoms with van der Waals surface area (Å²) in [6, 6.07) is 10.0. The summed E-state index contributed by atoms with van der Waals surface area (Å²) in [5.74, 6) is 0.802. The van der Waals surface area contributed by atoms with Crippen LogP contribution in [0.4, 0.5) is 5.69 Å². The quantitative estimate of drug-likeness (QED) is 0.886. The number of anilines is 1. The molecule has 0 radical (unpaired) electrons. The van der Waals surface area contributed by atoms with Crippen molar-refractivity contribution in [3.05, 3.63) is 52.1 Å². The number of hydrogen-bond donors (Lipinski definition) is 1. The van der Waals surface area contributed by atoms with E-state index < -0.39 is 0 Å². The Morgan fingerprint density at radius 3 is 2.67 bits per heavy atom. The molecule has 1 aromatic heterocycles. The average molecular weight is 311 g/mol. The lowest BCUT2D eigenvalue weighted by molar-refractivity contribution is 0.948. The van der Waals surface area contributed by atoms with Gasteiger partial charge in [0.15, 0.2) is 0 Å². The normalized spacial score (nSPS) is 9.93. The minimum atomic E-state index is 0.654. The molecule has 1 aromatic carbocycles. The van der Waals surface area contributed by atoms with E-state index >= 15 is 0 Å². The highest BCUT2D eigenvalue weighted by Crippen LogP contribution is 2.12. The monoisotopic (exact) mass is 311 g/mol. The van der Waals surface area contributed by atoms with E-state index in [1.807, 2.05) is 18.2 Å². The number of nitrogens with zero attached hydrogens (tertiary/aromatic N) is 2. The molecule has 0 fully saturated rings. The lowest BCUT2D eigenvalue weighted by Crippen LogP contribution is -2.03. The highest BCUT2D eigenvalue weighted by Gasteiger charge is 1.95. The third-order valence-electron chi connectivity index (χ3n) is 1.89. The van der Waals surface area contributed by atoms with Gasteiger partial charge in [0.05, 0.1) is 6.54 Å². The van der Waals surface area contributed by atoms with Crippen molar-refractivity contribution in [2.45, 2.75) is 6.54 Å². The second-order valence-electron chi connectivity index (χ2n) is 3.03. The molecule has 2 aromatic rings. The fourth-order valence-electron chi connectivity index (χ4n) is 1.20. The van der Waals surface area contributed by atoms with E-state index in [1.165, 1.54) is 3.57 Å². The van der Waals surface area contributed by atoms with Crippen molar-refractivity contribution in [2.75, 3.05) is 5.32 Å². The topological polar surface area (TPSA) is 37.8 Å². The molecular formula is C11H10IN3. The first kappa shape index (κ1) is 10.4. The number of hydrogen-bond acceptors (Lipinski definition) is 3. The molecule has 0 spiro atoms. The van der Waals surface area contributed by atoms with E-state index in [0.29, 0.717) is 6.54 Å². The Hall–Kier alpha value is -1.17. The summed E-state index contributed by atoms with van der Waals surface area (Å²) >= 11 is 2.29. The largest absolute Gasteiger partial charge is 0.378 e. The fraction of sp³-hybridized carbons (Fsp3) is 0.0909. The Labute approximate surface area is 102 Å². The van der Waals surface area contributed by atoms with Gasteiger partial charge in [-0.3, -0.25) is 0 Å². The van der Waals surface area contributed by atoms with Gasteiger partial charge in [-0.2, -0.15) is 0 Å². The van der Waals surface area contributed by atoms with Gasteiger partial charge in [0.25, 0.3) is 0 Å². The standard InChI is InChI=1S/C11H10IN3/c12-9-3-1-4-10(7-9)15-8-11-13-5-2-6-14-11/h1-7,15H,8H2. The number of halogens is 1. The molecule has 0 atom stereocenters. The molecule has 1 N–H and O–H groups in total. The van der Waals surface area contributed by atoms with E-state index in [9.17, 15) is 0 Å². The smallest absolute Gasteiger partial charge is 0.147 e. The van der Waals surface area contributed by atoms with Crippen LogP contribution in [0.1, 0.15) is 5.82 Å². The lowest BCUT2D eigenvalue weighted by atomic mass is 10.3. The van der Waals surface area contributed by atoms with Crippen molar-refractivity contribution < 1.29 is 0 Å². The van der Waals surface area contributed by atoms with Crippen molar-refractivity contribution in [1.82, 2.24) is 9.97 Å². The van der Waals surface area contributed by atoms with Crippen LogP contribution in [0.5, 0.6) is 0 Å². The Morgan fingerprint density at radius 2 is 1.93 bits per heavy atom. The van der Waals surface area contributed by atoms with E-state index in [1.54, 1.807) is 12.4 Å². The van der Waals surface area contributed by atoms with Crippen molar-refractivity contribution in [1.29, 1.82) is 0 Å². The zero-order chi connectivity index (χ0) is 10.5. The molecule has 15 heavy (non-hydrogen) atoms. The summed E-state index contributed by atoms with van der Waals surface area (Å²) in [4.78, 5) is 8.28. The van der Waals surface area contributed by atoms with Crippen LogP contribution in [0.2, 0.25) is 0 Å². The summed E-state index contributed by atoms with van der Waals surface area (Å²) in [5, 5.41) is 3.27. The highest BCUT2D eigenvalue weighted by molar-refractivity contribution is 14.1. The zero-order valence-electron chi connectivity index (χ0n) is 8.02. The second-order valence-corrected chi connectivity index (χ2v) is 4.27. The van der Waals surface area contributed by atoms with Gasteiger partial charge in [-0.05, 0) is 46.9 Å². The van der Waals surface area contributed by atoms with Crippen molar-refractivity contribution in [2.24, 2.45) is 0 Å². The summed E-state index contributed by atoms with van der Waals surface area (Å²) in [6.07, 6.45) is 3.50. The van der Waals surface area contributed by atoms with Crippen molar-refractivity contribution in [3.8, 4) is 0 Å². The predicted octanol–water partition coefficient (Wildman–Crippen LogP) is 2.69. The van der Waals surface area contributed by atoms with Crippen LogP contribution in [0.3, 0.4) is 0 Å². The molecule has 1 heterocycles. The number of nitrogens with one attached hydrogen (secondary N) is 1. The molecule has 0 saturated carbocycles. The third kappa shape index (κ3) is 3.16. The minimum absolute atomic E-state index is 0.654. The molecule has 76 valence electrons. The second kappa shape index (κ2) is 5.06. The molecule has 0 bridgehead atoms. The van der Waals surface area contributed by atoms with Gasteiger partial charge in [-0.25, -0.2) is 9.97 Å². The van der Waals surface area contributed by atoms with E-state index in [0.717, 1.165) is 11.5 Å².